The molecule has 118 valence electrons. The Morgan fingerprint density at radius 1 is 1.33 bits per heavy atom. The van der Waals surface area contributed by atoms with Gasteiger partial charge in [0.2, 0.25) is 5.91 Å². The molecule has 0 bridgehead atoms. The molecule has 0 aliphatic carbocycles. The minimum atomic E-state index is -4.38. The number of carbonyl (C=O) groups is 1. The lowest BCUT2D eigenvalue weighted by atomic mass is 9.99. The highest BCUT2D eigenvalue weighted by atomic mass is 19.4. The Morgan fingerprint density at radius 3 is 2.38 bits per heavy atom. The highest BCUT2D eigenvalue weighted by molar-refractivity contribution is 5.94. The average Bonchev–Trinajstić information content (AvgIpc) is 2.44. The summed E-state index contributed by atoms with van der Waals surface area (Å²) in [6.45, 7) is 2.46. The number of rotatable bonds is 6. The molecule has 1 rings (SSSR count). The van der Waals surface area contributed by atoms with E-state index in [1.807, 2.05) is 13.8 Å². The predicted molar refractivity (Wildman–Crippen MR) is 74.1 cm³/mol. The molecule has 0 radical (unpaired) electrons. The summed E-state index contributed by atoms with van der Waals surface area (Å²) in [4.78, 5) is 11.8. The molecule has 0 unspecified atom stereocenters. The van der Waals surface area contributed by atoms with E-state index in [0.717, 1.165) is 6.42 Å². The van der Waals surface area contributed by atoms with Crippen LogP contribution >= 0.6 is 0 Å². The summed E-state index contributed by atoms with van der Waals surface area (Å²) in [7, 11) is 0. The van der Waals surface area contributed by atoms with Crippen LogP contribution in [-0.4, -0.2) is 24.7 Å². The zero-order valence-electron chi connectivity index (χ0n) is 11.9. The number of carbonyl (C=O) groups excluding carboxylic acids is 1. The number of benzene rings is 1. The molecule has 2 atom stereocenters. The van der Waals surface area contributed by atoms with Gasteiger partial charge in [0.25, 0.3) is 0 Å². The van der Waals surface area contributed by atoms with Crippen molar-refractivity contribution < 1.29 is 22.7 Å². The van der Waals surface area contributed by atoms with Gasteiger partial charge < -0.3 is 15.8 Å². The Kier molecular flexibility index (Phi) is 6.02. The van der Waals surface area contributed by atoms with E-state index >= 15 is 0 Å². The van der Waals surface area contributed by atoms with Crippen molar-refractivity contribution in [2.75, 3.05) is 11.9 Å². The molecule has 1 aromatic rings. The van der Waals surface area contributed by atoms with Crippen LogP contribution in [0.25, 0.3) is 0 Å². The van der Waals surface area contributed by atoms with E-state index in [9.17, 15) is 18.0 Å². The smallest absolute Gasteiger partial charge is 0.422 e. The van der Waals surface area contributed by atoms with Crippen molar-refractivity contribution in [1.29, 1.82) is 0 Å². The largest absolute Gasteiger partial charge is 0.484 e. The van der Waals surface area contributed by atoms with Crippen LogP contribution in [0.3, 0.4) is 0 Å². The predicted octanol–water partition coefficient (Wildman–Crippen LogP) is 2.94. The standard InChI is InChI=1S/C14H19F3N2O2/c1-3-9(2)12(18)13(20)19-10-4-6-11(7-5-10)21-8-14(15,16)17/h4-7,9,12H,3,8,18H2,1-2H3,(H,19,20)/t9-,12-/m0/s1. The SMILES string of the molecule is CC[C@H](C)[C@H](N)C(=O)Nc1ccc(OCC(F)(F)F)cc1. The Labute approximate surface area is 121 Å². The van der Waals surface area contributed by atoms with Crippen LogP contribution in [0.5, 0.6) is 5.75 Å². The summed E-state index contributed by atoms with van der Waals surface area (Å²) in [5.74, 6) is -0.204. The summed E-state index contributed by atoms with van der Waals surface area (Å²) in [5.41, 5.74) is 6.24. The maximum absolute atomic E-state index is 12.0. The van der Waals surface area contributed by atoms with Crippen molar-refractivity contribution in [3.05, 3.63) is 24.3 Å². The molecule has 0 spiro atoms. The molecule has 0 aromatic heterocycles. The second-order valence-corrected chi connectivity index (χ2v) is 4.83. The van der Waals surface area contributed by atoms with Crippen molar-refractivity contribution in [1.82, 2.24) is 0 Å². The van der Waals surface area contributed by atoms with Gasteiger partial charge in [-0.05, 0) is 30.2 Å². The molecule has 0 heterocycles. The van der Waals surface area contributed by atoms with Gasteiger partial charge in [0, 0.05) is 5.69 Å². The van der Waals surface area contributed by atoms with Crippen molar-refractivity contribution in [2.45, 2.75) is 32.5 Å². The van der Waals surface area contributed by atoms with Gasteiger partial charge in [-0.3, -0.25) is 4.79 Å². The molecular weight excluding hydrogens is 285 g/mol. The summed E-state index contributed by atoms with van der Waals surface area (Å²) >= 11 is 0. The number of alkyl halides is 3. The quantitative estimate of drug-likeness (QED) is 0.849. The fraction of sp³-hybridized carbons (Fsp3) is 0.500. The Morgan fingerprint density at radius 2 is 1.90 bits per heavy atom. The number of halogens is 3. The summed E-state index contributed by atoms with van der Waals surface area (Å²) in [6.07, 6.45) is -3.60. The number of nitrogens with one attached hydrogen (secondary N) is 1. The maximum atomic E-state index is 12.0. The van der Waals surface area contributed by atoms with Crippen LogP contribution in [-0.2, 0) is 4.79 Å². The molecule has 21 heavy (non-hydrogen) atoms. The van der Waals surface area contributed by atoms with Gasteiger partial charge in [0.1, 0.15) is 5.75 Å². The molecule has 1 aromatic carbocycles. The van der Waals surface area contributed by atoms with Gasteiger partial charge in [-0.1, -0.05) is 20.3 Å². The van der Waals surface area contributed by atoms with Gasteiger partial charge in [0.05, 0.1) is 6.04 Å². The van der Waals surface area contributed by atoms with E-state index in [-0.39, 0.29) is 17.6 Å². The van der Waals surface area contributed by atoms with E-state index in [1.165, 1.54) is 24.3 Å². The molecule has 0 aliphatic heterocycles. The van der Waals surface area contributed by atoms with Gasteiger partial charge >= 0.3 is 6.18 Å². The first kappa shape index (κ1) is 17.3. The topological polar surface area (TPSA) is 64.4 Å². The molecule has 0 saturated heterocycles. The highest BCUT2D eigenvalue weighted by Crippen LogP contribution is 2.20. The van der Waals surface area contributed by atoms with Gasteiger partial charge in [-0.25, -0.2) is 0 Å². The number of hydrogen-bond acceptors (Lipinski definition) is 3. The van der Waals surface area contributed by atoms with E-state index < -0.39 is 18.8 Å². The summed E-state index contributed by atoms with van der Waals surface area (Å²) in [6, 6.07) is 5.02. The molecule has 4 nitrogen and oxygen atoms in total. The fourth-order valence-electron chi connectivity index (χ4n) is 1.54. The Hall–Kier alpha value is -1.76. The first-order valence-electron chi connectivity index (χ1n) is 6.59. The van der Waals surface area contributed by atoms with Gasteiger partial charge in [-0.15, -0.1) is 0 Å². The van der Waals surface area contributed by atoms with E-state index in [1.54, 1.807) is 0 Å². The number of anilines is 1. The molecule has 0 fully saturated rings. The third kappa shape index (κ3) is 6.03. The zero-order chi connectivity index (χ0) is 16.0. The Balaban J connectivity index is 2.56. The molecule has 7 heteroatoms. The first-order valence-corrected chi connectivity index (χ1v) is 6.59. The average molecular weight is 304 g/mol. The Bertz CT molecular complexity index is 460. The second kappa shape index (κ2) is 7.31. The number of ether oxygens (including phenoxy) is 1. The summed E-state index contributed by atoms with van der Waals surface area (Å²) < 4.78 is 40.6. The van der Waals surface area contributed by atoms with Crippen LogP contribution in [0.15, 0.2) is 24.3 Å². The molecule has 3 N–H and O–H groups in total. The first-order chi connectivity index (χ1) is 9.73. The molecule has 1 amide bonds. The molecule has 0 saturated carbocycles. The van der Waals surface area contributed by atoms with Crippen molar-refractivity contribution in [3.63, 3.8) is 0 Å². The zero-order valence-corrected chi connectivity index (χ0v) is 11.9. The lowest BCUT2D eigenvalue weighted by molar-refractivity contribution is -0.153. The normalized spacial score (nSPS) is 14.4. The highest BCUT2D eigenvalue weighted by Gasteiger charge is 2.28. The van der Waals surface area contributed by atoms with E-state index in [2.05, 4.69) is 10.1 Å². The lowest BCUT2D eigenvalue weighted by Gasteiger charge is -2.17. The van der Waals surface area contributed by atoms with Crippen LogP contribution in [0.1, 0.15) is 20.3 Å². The fourth-order valence-corrected chi connectivity index (χ4v) is 1.54. The van der Waals surface area contributed by atoms with Crippen LogP contribution in [0.2, 0.25) is 0 Å². The third-order valence-electron chi connectivity index (χ3n) is 3.08. The monoisotopic (exact) mass is 304 g/mol. The van der Waals surface area contributed by atoms with E-state index in [4.69, 9.17) is 5.73 Å². The molecular formula is C14H19F3N2O2. The van der Waals surface area contributed by atoms with Crippen LogP contribution in [0, 0.1) is 5.92 Å². The van der Waals surface area contributed by atoms with Gasteiger partial charge in [0.15, 0.2) is 6.61 Å². The minimum Gasteiger partial charge on any atom is -0.484 e. The van der Waals surface area contributed by atoms with Crippen molar-refractivity contribution in [3.8, 4) is 5.75 Å². The third-order valence-corrected chi connectivity index (χ3v) is 3.08. The van der Waals surface area contributed by atoms with Crippen molar-refractivity contribution in [2.24, 2.45) is 11.7 Å². The lowest BCUT2D eigenvalue weighted by Crippen LogP contribution is -2.40. The number of amides is 1. The number of nitrogens with two attached hydrogens (primary N) is 1. The minimum absolute atomic E-state index is 0.0411. The van der Waals surface area contributed by atoms with E-state index in [0.29, 0.717) is 5.69 Å². The maximum Gasteiger partial charge on any atom is 0.422 e. The van der Waals surface area contributed by atoms with Gasteiger partial charge in [-0.2, -0.15) is 13.2 Å². The summed E-state index contributed by atoms with van der Waals surface area (Å²) in [5, 5.41) is 2.61. The van der Waals surface area contributed by atoms with Crippen molar-refractivity contribution >= 4 is 11.6 Å². The molecule has 0 aliphatic rings. The number of hydrogen-bond donors (Lipinski definition) is 2. The van der Waals surface area contributed by atoms with Crippen LogP contribution < -0.4 is 15.8 Å². The van der Waals surface area contributed by atoms with Crippen LogP contribution in [0.4, 0.5) is 18.9 Å². The second-order valence-electron chi connectivity index (χ2n) is 4.83.